The molecule has 0 aliphatic carbocycles. The number of esters is 1. The zero-order valence-corrected chi connectivity index (χ0v) is 34.6. The van der Waals surface area contributed by atoms with Gasteiger partial charge >= 0.3 is 17.8 Å². The van der Waals surface area contributed by atoms with Crippen LogP contribution in [0.25, 0.3) is 11.4 Å². The number of ether oxygens (including phenoxy) is 3. The molecule has 1 aromatic heterocycles. The van der Waals surface area contributed by atoms with Crippen LogP contribution in [0.15, 0.2) is 77.6 Å². The summed E-state index contributed by atoms with van der Waals surface area (Å²) in [6.45, 7) is 10.7. The molecule has 3 saturated heterocycles. The molecule has 0 spiro atoms. The molecule has 3 aliphatic heterocycles. The lowest BCUT2D eigenvalue weighted by Gasteiger charge is -2.40. The number of rotatable bonds is 13. The minimum absolute atomic E-state index is 0.168. The number of hydrogen-bond acceptors (Lipinski definition) is 9. The summed E-state index contributed by atoms with van der Waals surface area (Å²) in [6, 6.07) is 23.4. The van der Waals surface area contributed by atoms with Crippen LogP contribution in [0.3, 0.4) is 0 Å². The van der Waals surface area contributed by atoms with Crippen LogP contribution < -0.4 is 10.4 Å². The molecule has 0 saturated carbocycles. The summed E-state index contributed by atoms with van der Waals surface area (Å²) in [5.74, 6) is 2.04. The first-order chi connectivity index (χ1) is 28.6. The molecule has 59 heavy (non-hydrogen) atoms. The molecule has 0 bridgehead atoms. The summed E-state index contributed by atoms with van der Waals surface area (Å²) in [7, 11) is 0. The van der Waals surface area contributed by atoms with Gasteiger partial charge in [0.2, 0.25) is 0 Å². The van der Waals surface area contributed by atoms with E-state index in [9.17, 15) is 19.2 Å². The fourth-order valence-corrected chi connectivity index (χ4v) is 9.07. The van der Waals surface area contributed by atoms with Crippen molar-refractivity contribution in [3.8, 4) is 17.1 Å². The lowest BCUT2D eigenvalue weighted by Crippen LogP contribution is -2.49. The number of carbonyl (C=O) groups excluding carboxylic acids is 3. The van der Waals surface area contributed by atoms with Gasteiger partial charge in [0, 0.05) is 38.2 Å². The highest BCUT2D eigenvalue weighted by atomic mass is 16.6. The number of likely N-dealkylation sites (tertiary alicyclic amines) is 3. The minimum Gasteiger partial charge on any atom is -0.488 e. The van der Waals surface area contributed by atoms with E-state index in [1.54, 1.807) is 4.90 Å². The Morgan fingerprint density at radius 3 is 2.00 bits per heavy atom. The topological polar surface area (TPSA) is 139 Å². The third-order valence-electron chi connectivity index (χ3n) is 12.3. The molecule has 2 amide bonds. The third-order valence-corrected chi connectivity index (χ3v) is 12.3. The van der Waals surface area contributed by atoms with Crippen molar-refractivity contribution in [1.29, 1.82) is 0 Å². The molecule has 13 heteroatoms. The molecule has 1 atom stereocenters. The Labute approximate surface area is 346 Å². The number of H-pyrrole nitrogens is 1. The number of aromatic nitrogens is 3. The minimum atomic E-state index is -1.000. The average Bonchev–Trinajstić information content (AvgIpc) is 3.65. The average molecular weight is 807 g/mol. The van der Waals surface area contributed by atoms with Crippen LogP contribution >= 0.6 is 0 Å². The van der Waals surface area contributed by atoms with Crippen molar-refractivity contribution in [3.63, 3.8) is 0 Å². The van der Waals surface area contributed by atoms with E-state index < -0.39 is 12.2 Å². The fraction of sp³-hybridized carbons (Fsp3) is 0.500. The van der Waals surface area contributed by atoms with Crippen LogP contribution in [-0.4, -0.2) is 106 Å². The van der Waals surface area contributed by atoms with E-state index in [1.807, 2.05) is 98.5 Å². The Balaban J connectivity index is 0.995. The van der Waals surface area contributed by atoms with E-state index in [0.717, 1.165) is 72.3 Å². The Bertz CT molecular complexity index is 2060. The normalized spacial score (nSPS) is 17.7. The predicted molar refractivity (Wildman–Crippen MR) is 224 cm³/mol. The van der Waals surface area contributed by atoms with Gasteiger partial charge in [-0.3, -0.25) is 19.5 Å². The van der Waals surface area contributed by atoms with Gasteiger partial charge in [0.05, 0.1) is 19.2 Å². The van der Waals surface area contributed by atoms with Crippen molar-refractivity contribution in [1.82, 2.24) is 29.5 Å². The van der Waals surface area contributed by atoms with Crippen molar-refractivity contribution < 1.29 is 28.6 Å². The van der Waals surface area contributed by atoms with Crippen LogP contribution in [0.2, 0.25) is 0 Å². The van der Waals surface area contributed by atoms with E-state index in [4.69, 9.17) is 14.2 Å². The quantitative estimate of drug-likeness (QED) is 0.154. The molecule has 7 rings (SSSR count). The summed E-state index contributed by atoms with van der Waals surface area (Å²) < 4.78 is 19.1. The molecule has 13 nitrogen and oxygen atoms in total. The SMILES string of the molecule is CCOC(=O)CN1CCC(C2CCN(C(=O)[C@@H](Cc3cc(C)c(OCc4ccccc4)c(C)c3)OC(=O)N3CCC(n4nc(-c5ccccc5)[nH]c4=O)CC3)CC2)CC1. The molecule has 0 radical (unpaired) electrons. The molecule has 1 N–H and O–H groups in total. The second-order valence-electron chi connectivity index (χ2n) is 16.3. The maximum Gasteiger partial charge on any atom is 0.410 e. The second-order valence-corrected chi connectivity index (χ2v) is 16.3. The van der Waals surface area contributed by atoms with Crippen molar-refractivity contribution >= 4 is 18.0 Å². The smallest absolute Gasteiger partial charge is 0.410 e. The van der Waals surface area contributed by atoms with Gasteiger partial charge in [0.15, 0.2) is 11.9 Å². The van der Waals surface area contributed by atoms with Crippen molar-refractivity contribution in [2.45, 2.75) is 84.5 Å². The van der Waals surface area contributed by atoms with Gasteiger partial charge < -0.3 is 24.0 Å². The van der Waals surface area contributed by atoms with E-state index in [1.165, 1.54) is 4.68 Å². The number of benzene rings is 3. The van der Waals surface area contributed by atoms with Gasteiger partial charge in [-0.15, -0.1) is 5.10 Å². The summed E-state index contributed by atoms with van der Waals surface area (Å²) in [5.41, 5.74) is 4.43. The van der Waals surface area contributed by atoms with E-state index in [-0.39, 0.29) is 30.0 Å². The monoisotopic (exact) mass is 806 g/mol. The van der Waals surface area contributed by atoms with Gasteiger partial charge in [-0.05, 0) is 106 Å². The van der Waals surface area contributed by atoms with Gasteiger partial charge in [0.1, 0.15) is 12.4 Å². The number of hydrogen-bond donors (Lipinski definition) is 1. The molecular formula is C46H58N6O7. The lowest BCUT2D eigenvalue weighted by molar-refractivity contribution is -0.144. The highest BCUT2D eigenvalue weighted by Crippen LogP contribution is 2.34. The lowest BCUT2D eigenvalue weighted by atomic mass is 9.78. The van der Waals surface area contributed by atoms with Crippen molar-refractivity contribution in [2.75, 3.05) is 52.4 Å². The Kier molecular flexibility index (Phi) is 13.8. The van der Waals surface area contributed by atoms with Crippen molar-refractivity contribution in [2.24, 2.45) is 11.8 Å². The van der Waals surface area contributed by atoms with Crippen LogP contribution in [-0.2, 0) is 32.1 Å². The summed E-state index contributed by atoms with van der Waals surface area (Å²) in [4.78, 5) is 61.7. The number of carbonyl (C=O) groups is 3. The van der Waals surface area contributed by atoms with Crippen LogP contribution in [0.4, 0.5) is 4.79 Å². The number of aryl methyl sites for hydroxylation is 2. The Morgan fingerprint density at radius 1 is 0.780 bits per heavy atom. The summed E-state index contributed by atoms with van der Waals surface area (Å²) in [6.07, 6.45) is 3.63. The molecule has 4 aromatic rings. The Morgan fingerprint density at radius 2 is 1.37 bits per heavy atom. The van der Waals surface area contributed by atoms with E-state index >= 15 is 0 Å². The fourth-order valence-electron chi connectivity index (χ4n) is 9.07. The predicted octanol–water partition coefficient (Wildman–Crippen LogP) is 6.33. The highest BCUT2D eigenvalue weighted by Gasteiger charge is 2.36. The van der Waals surface area contributed by atoms with Crippen LogP contribution in [0.5, 0.6) is 5.75 Å². The van der Waals surface area contributed by atoms with Crippen molar-refractivity contribution in [3.05, 3.63) is 106 Å². The molecule has 3 aromatic carbocycles. The number of amides is 2. The number of nitrogens with one attached hydrogen (secondary N) is 1. The first-order valence-electron chi connectivity index (χ1n) is 21.3. The number of nitrogens with zero attached hydrogens (tertiary/aromatic N) is 5. The van der Waals surface area contributed by atoms with Gasteiger partial charge in [-0.1, -0.05) is 72.8 Å². The maximum atomic E-state index is 14.4. The molecule has 3 fully saturated rings. The van der Waals surface area contributed by atoms with Crippen LogP contribution in [0.1, 0.15) is 73.7 Å². The molecule has 314 valence electrons. The number of piperidine rings is 3. The zero-order chi connectivity index (χ0) is 41.3. The van der Waals surface area contributed by atoms with Gasteiger partial charge in [-0.2, -0.15) is 0 Å². The maximum absolute atomic E-state index is 14.4. The summed E-state index contributed by atoms with van der Waals surface area (Å²) in [5, 5.41) is 4.58. The van der Waals surface area contributed by atoms with E-state index in [0.29, 0.717) is 76.4 Å². The third kappa shape index (κ3) is 10.6. The first-order valence-corrected chi connectivity index (χ1v) is 21.3. The Hall–Kier alpha value is -5.43. The zero-order valence-electron chi connectivity index (χ0n) is 34.6. The largest absolute Gasteiger partial charge is 0.488 e. The molecule has 3 aliphatic rings. The molecular weight excluding hydrogens is 749 g/mol. The summed E-state index contributed by atoms with van der Waals surface area (Å²) >= 11 is 0. The second kappa shape index (κ2) is 19.5. The van der Waals surface area contributed by atoms with Crippen LogP contribution in [0, 0.1) is 25.7 Å². The molecule has 0 unspecified atom stereocenters. The first kappa shape index (κ1) is 41.7. The van der Waals surface area contributed by atoms with Gasteiger partial charge in [0.25, 0.3) is 5.91 Å². The highest BCUT2D eigenvalue weighted by molar-refractivity contribution is 5.84. The molecule has 4 heterocycles. The standard InChI is InChI=1S/C46H58N6O7/c1-4-57-41(53)30-49-21-15-36(16-22-49)37-17-23-50(24-18-37)44(54)40(29-35-27-32(2)42(33(3)28-35)58-31-34-11-7-5-8-12-34)59-46(56)51-25-19-39(20-26-51)52-45(55)47-43(48-52)38-13-9-6-10-14-38/h5-14,27-28,36-37,39-40H,4,15-26,29-31H2,1-3H3,(H,47,48,55)/t40-/m1/s1. The van der Waals surface area contributed by atoms with Gasteiger partial charge in [-0.25, -0.2) is 14.3 Å². The number of aromatic amines is 1. The van der Waals surface area contributed by atoms with E-state index in [2.05, 4.69) is 15.0 Å².